The van der Waals surface area contributed by atoms with Crippen LogP contribution in [0.3, 0.4) is 0 Å². The summed E-state index contributed by atoms with van der Waals surface area (Å²) < 4.78 is 22.1. The number of aromatic amines is 1. The molecule has 31 heavy (non-hydrogen) atoms. The summed E-state index contributed by atoms with van der Waals surface area (Å²) in [6.07, 6.45) is 0.685. The zero-order valence-corrected chi connectivity index (χ0v) is 18.1. The summed E-state index contributed by atoms with van der Waals surface area (Å²) in [5.74, 6) is 2.49. The summed E-state index contributed by atoms with van der Waals surface area (Å²) in [6, 6.07) is 27.3. The van der Waals surface area contributed by atoms with Gasteiger partial charge in [-0.05, 0) is 59.5 Å². The van der Waals surface area contributed by atoms with Crippen LogP contribution in [0.4, 0.5) is 5.69 Å². The van der Waals surface area contributed by atoms with E-state index in [0.717, 1.165) is 43.8 Å². The number of benzene rings is 3. The number of nitrogens with one attached hydrogen (secondary N) is 2. The van der Waals surface area contributed by atoms with Crippen LogP contribution >= 0.6 is 11.3 Å². The highest BCUT2D eigenvalue weighted by atomic mass is 32.2. The number of anilines is 1. The van der Waals surface area contributed by atoms with E-state index < -0.39 is 11.0 Å². The van der Waals surface area contributed by atoms with Gasteiger partial charge in [0.2, 0.25) is 0 Å². The molecule has 154 valence electrons. The highest BCUT2D eigenvalue weighted by Gasteiger charge is 2.08. The minimum atomic E-state index is -1.27. The fraction of sp³-hybridized carbons (Fsp3) is 0.0417. The summed E-state index contributed by atoms with van der Waals surface area (Å²) in [7, 11) is -1.27. The van der Waals surface area contributed by atoms with Crippen molar-refractivity contribution in [2.24, 2.45) is 0 Å². The van der Waals surface area contributed by atoms with Crippen molar-refractivity contribution in [3.63, 3.8) is 0 Å². The van der Waals surface area contributed by atoms with Gasteiger partial charge in [-0.2, -0.15) is 0 Å². The van der Waals surface area contributed by atoms with Gasteiger partial charge in [0, 0.05) is 12.1 Å². The quantitative estimate of drug-likeness (QED) is 0.316. The predicted molar refractivity (Wildman–Crippen MR) is 126 cm³/mol. The lowest BCUT2D eigenvalue weighted by Gasteiger charge is -2.06. The first-order valence-electron chi connectivity index (χ1n) is 9.75. The van der Waals surface area contributed by atoms with Crippen LogP contribution in [0.2, 0.25) is 0 Å². The maximum Gasteiger partial charge on any atom is 0.160 e. The number of imidazole rings is 1. The van der Waals surface area contributed by atoms with Crippen LogP contribution in [0.1, 0.15) is 11.4 Å². The Bertz CT molecular complexity index is 1310. The predicted octanol–water partition coefficient (Wildman–Crippen LogP) is 6.14. The first kappa shape index (κ1) is 19.5. The second-order valence-electron chi connectivity index (χ2n) is 6.95. The molecule has 5 rings (SSSR count). The average molecular weight is 446 g/mol. The Hall–Kier alpha value is -3.42. The fourth-order valence-corrected chi connectivity index (χ4v) is 4.96. The largest absolute Gasteiger partial charge is 0.457 e. The van der Waals surface area contributed by atoms with Gasteiger partial charge >= 0.3 is 0 Å². The minimum absolute atomic E-state index is 0.685. The number of fused-ring (bicyclic) bond motifs is 1. The number of thiophene rings is 1. The van der Waals surface area contributed by atoms with Gasteiger partial charge < -0.3 is 14.4 Å². The lowest BCUT2D eigenvalue weighted by Crippen LogP contribution is -2.02. The number of ether oxygens (including phenoxy) is 1. The molecule has 0 spiro atoms. The average Bonchev–Trinajstić information content (AvgIpc) is 3.45. The Morgan fingerprint density at radius 1 is 0.935 bits per heavy atom. The van der Waals surface area contributed by atoms with Crippen LogP contribution in [-0.2, 0) is 17.4 Å². The van der Waals surface area contributed by atoms with Gasteiger partial charge in [-0.3, -0.25) is 0 Å². The first-order valence-corrected chi connectivity index (χ1v) is 11.8. The van der Waals surface area contributed by atoms with Crippen molar-refractivity contribution in [3.05, 3.63) is 102 Å². The molecule has 0 fully saturated rings. The highest BCUT2D eigenvalue weighted by Crippen LogP contribution is 2.24. The van der Waals surface area contributed by atoms with Crippen molar-refractivity contribution in [1.29, 1.82) is 0 Å². The van der Waals surface area contributed by atoms with Gasteiger partial charge in [-0.25, -0.2) is 9.19 Å². The second kappa shape index (κ2) is 8.75. The van der Waals surface area contributed by atoms with Crippen molar-refractivity contribution in [1.82, 2.24) is 9.97 Å². The van der Waals surface area contributed by atoms with E-state index in [4.69, 9.17) is 4.74 Å². The lowest BCUT2D eigenvalue weighted by molar-refractivity contribution is 0.482. The van der Waals surface area contributed by atoms with Crippen LogP contribution in [0.25, 0.3) is 11.0 Å². The number of hydrogen-bond donors (Lipinski definition) is 2. The van der Waals surface area contributed by atoms with Crippen LogP contribution in [0.15, 0.2) is 94.5 Å². The van der Waals surface area contributed by atoms with Gasteiger partial charge in [-0.15, -0.1) is 11.3 Å². The molecular weight excluding hydrogens is 426 g/mol. The zero-order valence-electron chi connectivity index (χ0n) is 16.4. The van der Waals surface area contributed by atoms with Crippen LogP contribution in [0, 0.1) is 0 Å². The summed E-state index contributed by atoms with van der Waals surface area (Å²) in [5, 5.41) is 1.92. The Kier molecular flexibility index (Phi) is 5.52. The van der Waals surface area contributed by atoms with Crippen molar-refractivity contribution in [2.75, 3.05) is 4.72 Å². The number of nitrogens with zero attached hydrogens (tertiary/aromatic N) is 1. The summed E-state index contributed by atoms with van der Waals surface area (Å²) >= 11 is 1.47. The number of H-pyrrole nitrogens is 1. The smallest absolute Gasteiger partial charge is 0.160 e. The lowest BCUT2D eigenvalue weighted by atomic mass is 10.1. The molecule has 0 amide bonds. The molecule has 5 nitrogen and oxygen atoms in total. The molecule has 2 aromatic heterocycles. The Morgan fingerprint density at radius 3 is 2.52 bits per heavy atom. The standard InChI is InChI=1S/C24H19N3O2S2/c28-31(24-7-4-14-30-24)27-18-10-13-21-22(16-18)26-23(25-21)15-17-8-11-20(12-9-17)29-19-5-2-1-3-6-19/h1-14,16,27H,15H2,(H,25,26). The van der Waals surface area contributed by atoms with E-state index in [2.05, 4.69) is 14.7 Å². The molecular formula is C24H19N3O2S2. The molecule has 0 radical (unpaired) electrons. The SMILES string of the molecule is O=S(Nc1ccc2nc(Cc3ccc(Oc4ccccc4)cc3)[nH]c2c1)c1cccs1. The molecule has 0 aliphatic rings. The van der Waals surface area contributed by atoms with Crippen LogP contribution < -0.4 is 9.46 Å². The van der Waals surface area contributed by atoms with E-state index in [0.29, 0.717) is 6.42 Å². The third-order valence-electron chi connectivity index (χ3n) is 4.69. The number of rotatable bonds is 7. The monoisotopic (exact) mass is 445 g/mol. The number of hydrogen-bond acceptors (Lipinski definition) is 4. The Morgan fingerprint density at radius 2 is 1.74 bits per heavy atom. The molecule has 0 aliphatic heterocycles. The van der Waals surface area contributed by atoms with Gasteiger partial charge in [0.15, 0.2) is 11.0 Å². The number of para-hydroxylation sites is 1. The molecule has 2 N–H and O–H groups in total. The molecule has 0 saturated carbocycles. The topological polar surface area (TPSA) is 67.0 Å². The van der Waals surface area contributed by atoms with E-state index in [-0.39, 0.29) is 0 Å². The van der Waals surface area contributed by atoms with Gasteiger partial charge in [0.25, 0.3) is 0 Å². The fourth-order valence-electron chi connectivity index (χ4n) is 3.23. The maximum absolute atomic E-state index is 12.4. The third-order valence-corrected chi connectivity index (χ3v) is 7.02. The van der Waals surface area contributed by atoms with E-state index in [1.54, 1.807) is 0 Å². The molecule has 0 bridgehead atoms. The molecule has 5 aromatic rings. The Labute approximate surface area is 186 Å². The molecule has 2 heterocycles. The normalized spacial score (nSPS) is 12.0. The molecule has 7 heteroatoms. The minimum Gasteiger partial charge on any atom is -0.457 e. The van der Waals surface area contributed by atoms with Crippen LogP contribution in [0.5, 0.6) is 11.5 Å². The first-order chi connectivity index (χ1) is 15.2. The second-order valence-corrected chi connectivity index (χ2v) is 9.34. The third kappa shape index (κ3) is 4.68. The van der Waals surface area contributed by atoms with Crippen molar-refractivity contribution < 1.29 is 8.95 Å². The Balaban J connectivity index is 1.27. The van der Waals surface area contributed by atoms with Crippen molar-refractivity contribution in [3.8, 4) is 11.5 Å². The van der Waals surface area contributed by atoms with Crippen molar-refractivity contribution in [2.45, 2.75) is 10.6 Å². The highest BCUT2D eigenvalue weighted by molar-refractivity contribution is 7.88. The van der Waals surface area contributed by atoms with Crippen molar-refractivity contribution >= 4 is 39.0 Å². The van der Waals surface area contributed by atoms with Gasteiger partial charge in [0.05, 0.1) is 11.0 Å². The van der Waals surface area contributed by atoms with Gasteiger partial charge in [-0.1, -0.05) is 36.4 Å². The van der Waals surface area contributed by atoms with E-state index in [9.17, 15) is 4.21 Å². The van der Waals surface area contributed by atoms with E-state index in [1.165, 1.54) is 11.3 Å². The zero-order chi connectivity index (χ0) is 21.0. The molecule has 1 atom stereocenters. The molecule has 3 aromatic carbocycles. The summed E-state index contributed by atoms with van der Waals surface area (Å²) in [5.41, 5.74) is 3.71. The number of aromatic nitrogens is 2. The molecule has 0 saturated heterocycles. The molecule has 1 unspecified atom stereocenters. The summed E-state index contributed by atoms with van der Waals surface area (Å²) in [6.45, 7) is 0. The van der Waals surface area contributed by atoms with Crippen LogP contribution in [-0.4, -0.2) is 14.2 Å². The summed E-state index contributed by atoms with van der Waals surface area (Å²) in [4.78, 5) is 8.05. The van der Waals surface area contributed by atoms with Gasteiger partial charge in [0.1, 0.15) is 21.5 Å². The maximum atomic E-state index is 12.4. The van der Waals surface area contributed by atoms with E-state index >= 15 is 0 Å². The van der Waals surface area contributed by atoms with E-state index in [1.807, 2.05) is 90.3 Å². The molecule has 0 aliphatic carbocycles.